The average Bonchev–Trinajstić information content (AvgIpc) is 2.30. The monoisotopic (exact) mass is 267 g/mol. The highest BCUT2D eigenvalue weighted by Gasteiger charge is 2.23. The normalized spacial score (nSPS) is 14.8. The van der Waals surface area contributed by atoms with Gasteiger partial charge >= 0.3 is 0 Å². The molecule has 18 heavy (non-hydrogen) atoms. The highest BCUT2D eigenvalue weighted by molar-refractivity contribution is 6.31. The summed E-state index contributed by atoms with van der Waals surface area (Å²) in [5.41, 5.74) is 2.75. The van der Waals surface area contributed by atoms with Crippen LogP contribution in [0.4, 0.5) is 0 Å². The Morgan fingerprint density at radius 3 is 2.50 bits per heavy atom. The molecule has 0 saturated heterocycles. The van der Waals surface area contributed by atoms with Crippen molar-refractivity contribution in [1.29, 1.82) is 0 Å². The Bertz CT molecular complexity index is 387. The predicted octanol–water partition coefficient (Wildman–Crippen LogP) is 4.61. The van der Waals surface area contributed by atoms with Crippen LogP contribution in [0.2, 0.25) is 5.02 Å². The molecule has 102 valence electrons. The predicted molar refractivity (Wildman–Crippen MR) is 81.4 cm³/mol. The van der Waals surface area contributed by atoms with E-state index in [2.05, 4.69) is 58.1 Å². The molecule has 0 bridgehead atoms. The molecule has 1 aromatic carbocycles. The number of aryl methyl sites for hydroxylation is 1. The summed E-state index contributed by atoms with van der Waals surface area (Å²) in [5.74, 6) is 0. The Morgan fingerprint density at radius 1 is 1.33 bits per heavy atom. The molecule has 1 aromatic rings. The van der Waals surface area contributed by atoms with Crippen molar-refractivity contribution in [3.63, 3.8) is 0 Å². The van der Waals surface area contributed by atoms with Gasteiger partial charge in [0.1, 0.15) is 0 Å². The SMILES string of the molecule is CCC(C)(CNC(C)C)Cc1ccc(C)cc1Cl. The third-order valence-corrected chi connectivity index (χ3v) is 3.97. The van der Waals surface area contributed by atoms with Crippen molar-refractivity contribution in [2.45, 2.75) is 53.5 Å². The van der Waals surface area contributed by atoms with Crippen molar-refractivity contribution in [3.05, 3.63) is 34.3 Å². The number of hydrogen-bond donors (Lipinski definition) is 1. The second-order valence-corrected chi connectivity index (χ2v) is 6.38. The van der Waals surface area contributed by atoms with E-state index in [-0.39, 0.29) is 5.41 Å². The largest absolute Gasteiger partial charge is 0.314 e. The summed E-state index contributed by atoms with van der Waals surface area (Å²) in [7, 11) is 0. The molecule has 0 heterocycles. The van der Waals surface area contributed by atoms with E-state index in [0.29, 0.717) is 6.04 Å². The van der Waals surface area contributed by atoms with E-state index in [1.54, 1.807) is 0 Å². The average molecular weight is 268 g/mol. The van der Waals surface area contributed by atoms with Gasteiger partial charge in [-0.1, -0.05) is 51.4 Å². The first-order chi connectivity index (χ1) is 8.36. The zero-order valence-electron chi connectivity index (χ0n) is 12.3. The van der Waals surface area contributed by atoms with Crippen molar-refractivity contribution < 1.29 is 0 Å². The lowest BCUT2D eigenvalue weighted by molar-refractivity contribution is 0.281. The summed E-state index contributed by atoms with van der Waals surface area (Å²) in [6.45, 7) is 12.1. The van der Waals surface area contributed by atoms with E-state index in [9.17, 15) is 0 Å². The van der Waals surface area contributed by atoms with Gasteiger partial charge in [0, 0.05) is 17.6 Å². The van der Waals surface area contributed by atoms with Crippen LogP contribution in [0.5, 0.6) is 0 Å². The Kier molecular flexibility index (Phi) is 5.68. The van der Waals surface area contributed by atoms with E-state index < -0.39 is 0 Å². The first kappa shape index (κ1) is 15.5. The zero-order valence-corrected chi connectivity index (χ0v) is 13.1. The Labute approximate surface area is 117 Å². The fourth-order valence-electron chi connectivity index (χ4n) is 2.02. The molecule has 2 heteroatoms. The van der Waals surface area contributed by atoms with E-state index in [1.807, 2.05) is 0 Å². The van der Waals surface area contributed by atoms with Crippen molar-refractivity contribution in [3.8, 4) is 0 Å². The van der Waals surface area contributed by atoms with Crippen molar-refractivity contribution >= 4 is 11.6 Å². The van der Waals surface area contributed by atoms with E-state index in [0.717, 1.165) is 24.4 Å². The number of nitrogens with one attached hydrogen (secondary N) is 1. The molecule has 0 aliphatic heterocycles. The fraction of sp³-hybridized carbons (Fsp3) is 0.625. The van der Waals surface area contributed by atoms with Gasteiger partial charge in [-0.25, -0.2) is 0 Å². The van der Waals surface area contributed by atoms with Crippen molar-refractivity contribution in [2.75, 3.05) is 6.54 Å². The summed E-state index contributed by atoms with van der Waals surface area (Å²) < 4.78 is 0. The summed E-state index contributed by atoms with van der Waals surface area (Å²) in [6, 6.07) is 6.90. The van der Waals surface area contributed by atoms with Crippen LogP contribution in [0.25, 0.3) is 0 Å². The molecule has 0 saturated carbocycles. The van der Waals surface area contributed by atoms with Gasteiger partial charge in [-0.2, -0.15) is 0 Å². The summed E-state index contributed by atoms with van der Waals surface area (Å²) >= 11 is 6.33. The van der Waals surface area contributed by atoms with E-state index >= 15 is 0 Å². The van der Waals surface area contributed by atoms with E-state index in [1.165, 1.54) is 11.1 Å². The maximum atomic E-state index is 6.33. The molecule has 1 unspecified atom stereocenters. The standard InChI is InChI=1S/C16H26ClN/c1-6-16(5,11-18-12(2)3)10-14-8-7-13(4)9-15(14)17/h7-9,12,18H,6,10-11H2,1-5H3. The van der Waals surface area contributed by atoms with Gasteiger partial charge in [0.15, 0.2) is 0 Å². The molecular weight excluding hydrogens is 242 g/mol. The highest BCUT2D eigenvalue weighted by atomic mass is 35.5. The third-order valence-electron chi connectivity index (χ3n) is 3.62. The molecule has 0 aliphatic rings. The van der Waals surface area contributed by atoms with E-state index in [4.69, 9.17) is 11.6 Å². The summed E-state index contributed by atoms with van der Waals surface area (Å²) in [4.78, 5) is 0. The van der Waals surface area contributed by atoms with Crippen LogP contribution in [-0.4, -0.2) is 12.6 Å². The Morgan fingerprint density at radius 2 is 2.00 bits per heavy atom. The van der Waals surface area contributed by atoms with Gasteiger partial charge in [0.2, 0.25) is 0 Å². The van der Waals surface area contributed by atoms with Gasteiger partial charge in [-0.05, 0) is 42.4 Å². The topological polar surface area (TPSA) is 12.0 Å². The fourth-order valence-corrected chi connectivity index (χ4v) is 2.32. The molecule has 1 nitrogen and oxygen atoms in total. The second-order valence-electron chi connectivity index (χ2n) is 5.97. The molecule has 0 aromatic heterocycles. The van der Waals surface area contributed by atoms with Crippen LogP contribution < -0.4 is 5.32 Å². The summed E-state index contributed by atoms with van der Waals surface area (Å²) in [5, 5.41) is 4.45. The number of hydrogen-bond acceptors (Lipinski definition) is 1. The van der Waals surface area contributed by atoms with Crippen LogP contribution in [0.1, 0.15) is 45.2 Å². The van der Waals surface area contributed by atoms with Gasteiger partial charge in [0.05, 0.1) is 0 Å². The minimum Gasteiger partial charge on any atom is -0.314 e. The molecule has 0 radical (unpaired) electrons. The van der Waals surface area contributed by atoms with Crippen molar-refractivity contribution in [1.82, 2.24) is 5.32 Å². The molecule has 1 rings (SSSR count). The Hall–Kier alpha value is -0.530. The van der Waals surface area contributed by atoms with Crippen LogP contribution in [0, 0.1) is 12.3 Å². The molecule has 0 amide bonds. The maximum Gasteiger partial charge on any atom is 0.0440 e. The lowest BCUT2D eigenvalue weighted by Gasteiger charge is -2.30. The quantitative estimate of drug-likeness (QED) is 0.794. The second kappa shape index (κ2) is 6.58. The molecule has 0 aliphatic carbocycles. The van der Waals surface area contributed by atoms with Crippen LogP contribution in [0.3, 0.4) is 0 Å². The van der Waals surface area contributed by atoms with Crippen LogP contribution in [-0.2, 0) is 6.42 Å². The van der Waals surface area contributed by atoms with Crippen LogP contribution >= 0.6 is 11.6 Å². The lowest BCUT2D eigenvalue weighted by atomic mass is 9.81. The van der Waals surface area contributed by atoms with Gasteiger partial charge in [-0.15, -0.1) is 0 Å². The molecule has 0 spiro atoms. The number of benzene rings is 1. The first-order valence-corrected chi connectivity index (χ1v) is 7.22. The van der Waals surface area contributed by atoms with Crippen molar-refractivity contribution in [2.24, 2.45) is 5.41 Å². The lowest BCUT2D eigenvalue weighted by Crippen LogP contribution is -2.36. The molecule has 1 atom stereocenters. The Balaban J connectivity index is 2.77. The van der Waals surface area contributed by atoms with Gasteiger partial charge in [-0.3, -0.25) is 0 Å². The van der Waals surface area contributed by atoms with Gasteiger partial charge in [0.25, 0.3) is 0 Å². The minimum atomic E-state index is 0.267. The molecular formula is C16H26ClN. The number of rotatable bonds is 6. The first-order valence-electron chi connectivity index (χ1n) is 6.85. The maximum absolute atomic E-state index is 6.33. The molecule has 0 fully saturated rings. The summed E-state index contributed by atoms with van der Waals surface area (Å²) in [6.07, 6.45) is 2.18. The number of halogens is 1. The zero-order chi connectivity index (χ0) is 13.8. The smallest absolute Gasteiger partial charge is 0.0440 e. The third kappa shape index (κ3) is 4.62. The van der Waals surface area contributed by atoms with Crippen LogP contribution in [0.15, 0.2) is 18.2 Å². The highest BCUT2D eigenvalue weighted by Crippen LogP contribution is 2.29. The molecule has 1 N–H and O–H groups in total. The van der Waals surface area contributed by atoms with Gasteiger partial charge < -0.3 is 5.32 Å². The minimum absolute atomic E-state index is 0.267.